The zero-order valence-electron chi connectivity index (χ0n) is 16.5. The number of hydrogen-bond acceptors (Lipinski definition) is 5. The molecule has 0 unspecified atom stereocenters. The monoisotopic (exact) mass is 381 g/mol. The van der Waals surface area contributed by atoms with Gasteiger partial charge < -0.3 is 14.4 Å². The zero-order chi connectivity index (χ0) is 19.5. The molecule has 1 amide bonds. The number of imidazole rings is 1. The van der Waals surface area contributed by atoms with Crippen LogP contribution in [-0.4, -0.2) is 74.4 Å². The molecule has 0 bridgehead atoms. The first-order valence-corrected chi connectivity index (χ1v) is 9.87. The first kappa shape index (κ1) is 18.6. The van der Waals surface area contributed by atoms with Crippen LogP contribution in [0.1, 0.15) is 41.4 Å². The maximum Gasteiger partial charge on any atom is 0.253 e. The summed E-state index contributed by atoms with van der Waals surface area (Å²) in [6, 6.07) is 5.48. The number of likely N-dealkylation sites (tertiary alicyclic amines) is 1. The Hall–Kier alpha value is -2.74. The van der Waals surface area contributed by atoms with E-state index in [4.69, 9.17) is 0 Å². The van der Waals surface area contributed by atoms with Gasteiger partial charge in [0.05, 0.1) is 0 Å². The fourth-order valence-corrected chi connectivity index (χ4v) is 3.96. The summed E-state index contributed by atoms with van der Waals surface area (Å²) in [4.78, 5) is 21.8. The summed E-state index contributed by atoms with van der Waals surface area (Å²) in [6.45, 7) is 3.51. The van der Waals surface area contributed by atoms with E-state index in [1.807, 2.05) is 29.3 Å². The number of hydrogen-bond donors (Lipinski definition) is 1. The molecule has 1 aliphatic heterocycles. The van der Waals surface area contributed by atoms with Gasteiger partial charge in [0, 0.05) is 43.5 Å². The van der Waals surface area contributed by atoms with E-state index in [2.05, 4.69) is 50.2 Å². The third-order valence-corrected chi connectivity index (χ3v) is 5.39. The number of rotatable bonds is 6. The van der Waals surface area contributed by atoms with E-state index in [0.29, 0.717) is 12.1 Å². The van der Waals surface area contributed by atoms with Gasteiger partial charge in [-0.25, -0.2) is 4.98 Å². The van der Waals surface area contributed by atoms with Crippen LogP contribution in [0.25, 0.3) is 11.0 Å². The summed E-state index contributed by atoms with van der Waals surface area (Å²) in [5, 5.41) is 10.7. The minimum Gasteiger partial charge on any atom is -0.338 e. The smallest absolute Gasteiger partial charge is 0.253 e. The van der Waals surface area contributed by atoms with Gasteiger partial charge in [-0.2, -0.15) is 15.4 Å². The second kappa shape index (κ2) is 8.10. The Labute approximate surface area is 164 Å². The van der Waals surface area contributed by atoms with E-state index < -0.39 is 0 Å². The third kappa shape index (κ3) is 3.91. The lowest BCUT2D eigenvalue weighted by Crippen LogP contribution is -2.39. The van der Waals surface area contributed by atoms with Crippen LogP contribution in [-0.2, 0) is 6.54 Å². The van der Waals surface area contributed by atoms with Gasteiger partial charge in [0.15, 0.2) is 0 Å². The highest BCUT2D eigenvalue weighted by molar-refractivity contribution is 5.97. The standard InChI is InChI=1S/C20H27N7O/c1-25(2)9-4-11-26-12-8-21-19(26)16-5-3-10-27(14-16)20(28)15-6-7-17-18(13-15)23-24-22-17/h6-8,12-13,16H,3-5,9-11,14H2,1-2H3,(H,22,23,24)/t16-/m1/s1. The fourth-order valence-electron chi connectivity index (χ4n) is 3.96. The van der Waals surface area contributed by atoms with Gasteiger partial charge in [-0.1, -0.05) is 0 Å². The molecule has 3 heterocycles. The Balaban J connectivity index is 1.45. The van der Waals surface area contributed by atoms with Gasteiger partial charge in [0.1, 0.15) is 16.9 Å². The maximum absolute atomic E-state index is 13.0. The molecule has 1 atom stereocenters. The normalized spacial score (nSPS) is 17.5. The first-order chi connectivity index (χ1) is 13.6. The molecule has 8 heteroatoms. The number of piperidine rings is 1. The number of carbonyl (C=O) groups is 1. The van der Waals surface area contributed by atoms with Crippen molar-refractivity contribution in [1.29, 1.82) is 0 Å². The molecule has 28 heavy (non-hydrogen) atoms. The van der Waals surface area contributed by atoms with Crippen molar-refractivity contribution in [3.05, 3.63) is 42.0 Å². The maximum atomic E-state index is 13.0. The summed E-state index contributed by atoms with van der Waals surface area (Å²) in [5.74, 6) is 1.44. The highest BCUT2D eigenvalue weighted by atomic mass is 16.2. The van der Waals surface area contributed by atoms with Crippen LogP contribution in [0.3, 0.4) is 0 Å². The van der Waals surface area contributed by atoms with E-state index in [9.17, 15) is 4.79 Å². The summed E-state index contributed by atoms with van der Waals surface area (Å²) >= 11 is 0. The number of amides is 1. The minimum atomic E-state index is 0.0558. The molecule has 0 radical (unpaired) electrons. The van der Waals surface area contributed by atoms with Crippen LogP contribution >= 0.6 is 0 Å². The minimum absolute atomic E-state index is 0.0558. The van der Waals surface area contributed by atoms with Gasteiger partial charge in [-0.3, -0.25) is 4.79 Å². The molecule has 1 N–H and O–H groups in total. The van der Waals surface area contributed by atoms with Crippen LogP contribution in [0, 0.1) is 0 Å². The van der Waals surface area contributed by atoms with Crippen LogP contribution in [0.5, 0.6) is 0 Å². The Morgan fingerprint density at radius 3 is 3.00 bits per heavy atom. The number of benzene rings is 1. The number of aromatic nitrogens is 5. The van der Waals surface area contributed by atoms with Crippen molar-refractivity contribution in [3.63, 3.8) is 0 Å². The Bertz CT molecular complexity index is 945. The molecular formula is C20H27N7O. The fraction of sp³-hybridized carbons (Fsp3) is 0.500. The quantitative estimate of drug-likeness (QED) is 0.707. The average Bonchev–Trinajstić information content (AvgIpc) is 3.36. The van der Waals surface area contributed by atoms with Gasteiger partial charge in [0.25, 0.3) is 5.91 Å². The van der Waals surface area contributed by atoms with Crippen LogP contribution in [0.2, 0.25) is 0 Å². The lowest BCUT2D eigenvalue weighted by molar-refractivity contribution is 0.0703. The van der Waals surface area contributed by atoms with Gasteiger partial charge in [-0.15, -0.1) is 0 Å². The van der Waals surface area contributed by atoms with Crippen molar-refractivity contribution < 1.29 is 4.79 Å². The lowest BCUT2D eigenvalue weighted by Gasteiger charge is -2.33. The predicted molar refractivity (Wildman–Crippen MR) is 107 cm³/mol. The molecule has 8 nitrogen and oxygen atoms in total. The molecule has 1 saturated heterocycles. The number of fused-ring (bicyclic) bond motifs is 1. The van der Waals surface area contributed by atoms with Crippen molar-refractivity contribution in [1.82, 2.24) is 34.8 Å². The summed E-state index contributed by atoms with van der Waals surface area (Å²) in [6.07, 6.45) is 7.09. The molecule has 1 aromatic carbocycles. The summed E-state index contributed by atoms with van der Waals surface area (Å²) in [7, 11) is 4.19. The summed E-state index contributed by atoms with van der Waals surface area (Å²) < 4.78 is 2.25. The highest BCUT2D eigenvalue weighted by Gasteiger charge is 2.28. The SMILES string of the molecule is CN(C)CCCn1ccnc1[C@@H]1CCCN(C(=O)c2ccc3n[nH]nc3c2)C1. The van der Waals surface area contributed by atoms with Crippen molar-refractivity contribution >= 4 is 16.9 Å². The van der Waals surface area contributed by atoms with E-state index in [1.165, 1.54) is 0 Å². The predicted octanol–water partition coefficient (Wildman–Crippen LogP) is 2.13. The van der Waals surface area contributed by atoms with Crippen molar-refractivity contribution in [3.8, 4) is 0 Å². The van der Waals surface area contributed by atoms with Crippen molar-refractivity contribution in [2.45, 2.75) is 31.7 Å². The lowest BCUT2D eigenvalue weighted by atomic mass is 9.96. The number of aromatic amines is 1. The molecule has 148 valence electrons. The largest absolute Gasteiger partial charge is 0.338 e. The second-order valence-electron chi connectivity index (χ2n) is 7.75. The van der Waals surface area contributed by atoms with E-state index in [0.717, 1.165) is 55.8 Å². The zero-order valence-corrected chi connectivity index (χ0v) is 16.5. The third-order valence-electron chi connectivity index (χ3n) is 5.39. The number of H-pyrrole nitrogens is 1. The molecule has 4 rings (SSSR count). The Kier molecular flexibility index (Phi) is 5.38. The molecule has 0 aliphatic carbocycles. The Morgan fingerprint density at radius 1 is 1.29 bits per heavy atom. The molecule has 0 spiro atoms. The van der Waals surface area contributed by atoms with Crippen LogP contribution < -0.4 is 0 Å². The molecule has 2 aromatic heterocycles. The van der Waals surface area contributed by atoms with Gasteiger partial charge in [0.2, 0.25) is 0 Å². The van der Waals surface area contributed by atoms with Crippen molar-refractivity contribution in [2.24, 2.45) is 0 Å². The number of nitrogens with zero attached hydrogens (tertiary/aromatic N) is 6. The molecular weight excluding hydrogens is 354 g/mol. The van der Waals surface area contributed by atoms with E-state index in [-0.39, 0.29) is 11.8 Å². The first-order valence-electron chi connectivity index (χ1n) is 9.87. The molecule has 0 saturated carbocycles. The highest BCUT2D eigenvalue weighted by Crippen LogP contribution is 2.27. The Morgan fingerprint density at radius 2 is 2.14 bits per heavy atom. The van der Waals surface area contributed by atoms with Crippen molar-refractivity contribution in [2.75, 3.05) is 33.7 Å². The number of aryl methyl sites for hydroxylation is 1. The number of carbonyl (C=O) groups excluding carboxylic acids is 1. The average molecular weight is 381 g/mol. The van der Waals surface area contributed by atoms with E-state index >= 15 is 0 Å². The second-order valence-corrected chi connectivity index (χ2v) is 7.75. The molecule has 3 aromatic rings. The van der Waals surface area contributed by atoms with E-state index in [1.54, 1.807) is 0 Å². The van der Waals surface area contributed by atoms with Crippen LogP contribution in [0.15, 0.2) is 30.6 Å². The van der Waals surface area contributed by atoms with Gasteiger partial charge in [-0.05, 0) is 58.1 Å². The molecule has 1 aliphatic rings. The topological polar surface area (TPSA) is 82.9 Å². The van der Waals surface area contributed by atoms with Crippen LogP contribution in [0.4, 0.5) is 0 Å². The molecule has 1 fully saturated rings. The van der Waals surface area contributed by atoms with Gasteiger partial charge >= 0.3 is 0 Å². The summed E-state index contributed by atoms with van der Waals surface area (Å²) in [5.41, 5.74) is 2.15. The number of nitrogens with one attached hydrogen (secondary N) is 1.